The van der Waals surface area contributed by atoms with Gasteiger partial charge in [-0.3, -0.25) is 4.79 Å². The molecule has 0 saturated carbocycles. The summed E-state index contributed by atoms with van der Waals surface area (Å²) in [5, 5.41) is 0. The predicted molar refractivity (Wildman–Crippen MR) is 97.9 cm³/mol. The number of para-hydroxylation sites is 1. The molecule has 0 aliphatic carbocycles. The van der Waals surface area contributed by atoms with Crippen molar-refractivity contribution in [2.24, 2.45) is 0 Å². The van der Waals surface area contributed by atoms with Gasteiger partial charge in [-0.05, 0) is 38.6 Å². The molecule has 25 heavy (non-hydrogen) atoms. The summed E-state index contributed by atoms with van der Waals surface area (Å²) < 4.78 is 11.6. The molecule has 0 saturated heterocycles. The van der Waals surface area contributed by atoms with Crippen molar-refractivity contribution in [3.63, 3.8) is 0 Å². The fraction of sp³-hybridized carbons (Fsp3) is 0.381. The molecule has 1 aliphatic heterocycles. The minimum atomic E-state index is -0.819. The second kappa shape index (κ2) is 7.70. The van der Waals surface area contributed by atoms with Crippen molar-refractivity contribution in [2.45, 2.75) is 18.3 Å². The van der Waals surface area contributed by atoms with E-state index in [9.17, 15) is 4.79 Å². The molecular weight excluding hydrogens is 314 g/mol. The van der Waals surface area contributed by atoms with E-state index in [1.54, 1.807) is 0 Å². The Morgan fingerprint density at radius 1 is 1.12 bits per heavy atom. The fourth-order valence-corrected chi connectivity index (χ4v) is 3.40. The van der Waals surface area contributed by atoms with Crippen molar-refractivity contribution in [2.75, 3.05) is 33.9 Å². The zero-order valence-corrected chi connectivity index (χ0v) is 14.9. The largest absolute Gasteiger partial charge is 0.493 e. The Labute approximate surface area is 149 Å². The van der Waals surface area contributed by atoms with Gasteiger partial charge in [0.2, 0.25) is 0 Å². The maximum absolute atomic E-state index is 13.3. The molecule has 0 aromatic heterocycles. The summed E-state index contributed by atoms with van der Waals surface area (Å²) in [6.45, 7) is 1.69. The van der Waals surface area contributed by atoms with Crippen LogP contribution < -0.4 is 4.74 Å². The zero-order chi connectivity index (χ0) is 17.7. The number of hydrogen-bond donors (Lipinski definition) is 0. The number of ether oxygens (including phenoxy) is 2. The number of fused-ring (bicyclic) bond motifs is 1. The van der Waals surface area contributed by atoms with Crippen LogP contribution >= 0.6 is 0 Å². The standard InChI is InChI=1S/C21H25NO3/c1-22(2)14-16-25-20(23)21(17-9-4-3-5-10-17)13-8-15-24-19-12-7-6-11-18(19)21/h3-7,9-12H,8,13-16H2,1-2H3. The Balaban J connectivity index is 2.06. The van der Waals surface area contributed by atoms with Gasteiger partial charge in [0, 0.05) is 12.1 Å². The maximum atomic E-state index is 13.3. The van der Waals surface area contributed by atoms with Crippen LogP contribution in [-0.4, -0.2) is 44.7 Å². The van der Waals surface area contributed by atoms with Crippen molar-refractivity contribution in [1.82, 2.24) is 4.90 Å². The highest BCUT2D eigenvalue weighted by Gasteiger charge is 2.46. The Hall–Kier alpha value is -2.33. The summed E-state index contributed by atoms with van der Waals surface area (Å²) in [5.74, 6) is 0.576. The highest BCUT2D eigenvalue weighted by Crippen LogP contribution is 2.44. The first-order chi connectivity index (χ1) is 12.1. The SMILES string of the molecule is CN(C)CCOC(=O)C1(c2ccccc2)CCCOc2ccccc21. The van der Waals surface area contributed by atoms with E-state index in [2.05, 4.69) is 0 Å². The molecular formula is C21H25NO3. The van der Waals surface area contributed by atoms with E-state index in [-0.39, 0.29) is 5.97 Å². The van der Waals surface area contributed by atoms with E-state index in [4.69, 9.17) is 9.47 Å². The third-order valence-corrected chi connectivity index (χ3v) is 4.69. The monoisotopic (exact) mass is 339 g/mol. The van der Waals surface area contributed by atoms with Gasteiger partial charge in [-0.15, -0.1) is 0 Å². The molecule has 1 unspecified atom stereocenters. The number of esters is 1. The molecule has 0 radical (unpaired) electrons. The van der Waals surface area contributed by atoms with Gasteiger partial charge < -0.3 is 14.4 Å². The third-order valence-electron chi connectivity index (χ3n) is 4.69. The number of rotatable bonds is 5. The van der Waals surface area contributed by atoms with Gasteiger partial charge in [0.25, 0.3) is 0 Å². The number of hydrogen-bond acceptors (Lipinski definition) is 4. The first kappa shape index (κ1) is 17.5. The fourth-order valence-electron chi connectivity index (χ4n) is 3.40. The summed E-state index contributed by atoms with van der Waals surface area (Å²) in [4.78, 5) is 15.3. The highest BCUT2D eigenvalue weighted by atomic mass is 16.5. The molecule has 0 bridgehead atoms. The zero-order valence-electron chi connectivity index (χ0n) is 14.9. The van der Waals surface area contributed by atoms with Gasteiger partial charge in [0.15, 0.2) is 0 Å². The first-order valence-electron chi connectivity index (χ1n) is 8.74. The molecule has 132 valence electrons. The molecule has 4 nitrogen and oxygen atoms in total. The topological polar surface area (TPSA) is 38.8 Å². The van der Waals surface area contributed by atoms with Crippen molar-refractivity contribution < 1.29 is 14.3 Å². The minimum absolute atomic E-state index is 0.196. The van der Waals surface area contributed by atoms with E-state index in [0.29, 0.717) is 26.2 Å². The van der Waals surface area contributed by atoms with Gasteiger partial charge in [-0.1, -0.05) is 48.5 Å². The maximum Gasteiger partial charge on any atom is 0.321 e. The summed E-state index contributed by atoms with van der Waals surface area (Å²) in [6, 6.07) is 17.7. The Morgan fingerprint density at radius 3 is 2.60 bits per heavy atom. The van der Waals surface area contributed by atoms with Crippen molar-refractivity contribution in [1.29, 1.82) is 0 Å². The van der Waals surface area contributed by atoms with Gasteiger partial charge in [0.1, 0.15) is 17.8 Å². The number of nitrogens with zero attached hydrogens (tertiary/aromatic N) is 1. The summed E-state index contributed by atoms with van der Waals surface area (Å²) in [6.07, 6.45) is 1.47. The molecule has 2 aromatic rings. The van der Waals surface area contributed by atoms with Crippen LogP contribution in [0.2, 0.25) is 0 Å². The molecule has 4 heteroatoms. The molecule has 1 aliphatic rings. The normalized spacial score (nSPS) is 19.6. The molecule has 0 spiro atoms. The predicted octanol–water partition coefficient (Wildman–Crippen LogP) is 3.25. The van der Waals surface area contributed by atoms with Crippen LogP contribution in [0.3, 0.4) is 0 Å². The van der Waals surface area contributed by atoms with Gasteiger partial charge in [-0.25, -0.2) is 0 Å². The average molecular weight is 339 g/mol. The lowest BCUT2D eigenvalue weighted by Crippen LogP contribution is -2.39. The Kier molecular flexibility index (Phi) is 5.39. The van der Waals surface area contributed by atoms with Crippen LogP contribution in [-0.2, 0) is 14.9 Å². The third kappa shape index (κ3) is 3.54. The second-order valence-corrected chi connectivity index (χ2v) is 6.66. The Bertz CT molecular complexity index is 714. The molecule has 3 rings (SSSR count). The van der Waals surface area contributed by atoms with Crippen molar-refractivity contribution in [3.05, 3.63) is 65.7 Å². The van der Waals surface area contributed by atoms with Gasteiger partial charge in [-0.2, -0.15) is 0 Å². The average Bonchev–Trinajstić information content (AvgIpc) is 2.82. The lowest BCUT2D eigenvalue weighted by molar-refractivity contribution is -0.149. The smallest absolute Gasteiger partial charge is 0.321 e. The quantitative estimate of drug-likeness (QED) is 0.784. The minimum Gasteiger partial charge on any atom is -0.493 e. The lowest BCUT2D eigenvalue weighted by Gasteiger charge is -2.32. The van der Waals surface area contributed by atoms with E-state index in [1.165, 1.54) is 0 Å². The summed E-state index contributed by atoms with van der Waals surface area (Å²) in [5.41, 5.74) is 1.04. The van der Waals surface area contributed by atoms with E-state index in [1.807, 2.05) is 73.6 Å². The van der Waals surface area contributed by atoms with Crippen LogP contribution in [0.25, 0.3) is 0 Å². The van der Waals surface area contributed by atoms with Crippen LogP contribution in [0.5, 0.6) is 5.75 Å². The van der Waals surface area contributed by atoms with Crippen LogP contribution in [0, 0.1) is 0 Å². The molecule has 0 fully saturated rings. The molecule has 1 heterocycles. The van der Waals surface area contributed by atoms with Crippen molar-refractivity contribution >= 4 is 5.97 Å². The first-order valence-corrected chi connectivity index (χ1v) is 8.74. The molecule has 2 aromatic carbocycles. The number of benzene rings is 2. The number of likely N-dealkylation sites (N-methyl/N-ethyl adjacent to an activating group) is 1. The highest BCUT2D eigenvalue weighted by molar-refractivity contribution is 5.88. The number of carbonyl (C=O) groups is 1. The Morgan fingerprint density at radius 2 is 1.84 bits per heavy atom. The van der Waals surface area contributed by atoms with E-state index in [0.717, 1.165) is 23.3 Å². The van der Waals surface area contributed by atoms with Gasteiger partial charge >= 0.3 is 5.97 Å². The number of carbonyl (C=O) groups excluding carboxylic acids is 1. The van der Waals surface area contributed by atoms with E-state index < -0.39 is 5.41 Å². The summed E-state index contributed by atoms with van der Waals surface area (Å²) in [7, 11) is 3.94. The second-order valence-electron chi connectivity index (χ2n) is 6.66. The summed E-state index contributed by atoms with van der Waals surface area (Å²) >= 11 is 0. The van der Waals surface area contributed by atoms with E-state index >= 15 is 0 Å². The van der Waals surface area contributed by atoms with Gasteiger partial charge in [0.05, 0.1) is 6.61 Å². The van der Waals surface area contributed by atoms with Crippen LogP contribution in [0.4, 0.5) is 0 Å². The van der Waals surface area contributed by atoms with Crippen molar-refractivity contribution in [3.8, 4) is 5.75 Å². The van der Waals surface area contributed by atoms with Crippen LogP contribution in [0.15, 0.2) is 54.6 Å². The van der Waals surface area contributed by atoms with Crippen LogP contribution in [0.1, 0.15) is 24.0 Å². The molecule has 0 N–H and O–H groups in total. The molecule has 1 atom stereocenters. The lowest BCUT2D eigenvalue weighted by atomic mass is 9.71. The molecule has 0 amide bonds.